The molecule has 4 aliphatic rings. The number of aromatic amines is 1. The van der Waals surface area contributed by atoms with Gasteiger partial charge in [0.25, 0.3) is 5.91 Å². The fraction of sp³-hybridized carbons (Fsp3) is 0.314. The predicted octanol–water partition coefficient (Wildman–Crippen LogP) is 7.93. The van der Waals surface area contributed by atoms with Gasteiger partial charge in [0.1, 0.15) is 5.75 Å². The number of thiazole rings is 1. The number of ether oxygens (including phenoxy) is 1. The summed E-state index contributed by atoms with van der Waals surface area (Å²) in [6.07, 6.45) is -8.93. The van der Waals surface area contributed by atoms with Crippen LogP contribution in [0.4, 0.5) is 37.7 Å². The number of aromatic nitrogens is 1. The van der Waals surface area contributed by atoms with Crippen molar-refractivity contribution in [2.24, 2.45) is 29.6 Å². The summed E-state index contributed by atoms with van der Waals surface area (Å²) in [7, 11) is 0. The number of alkyl halides is 6. The monoisotopic (exact) mass is 823 g/mol. The Morgan fingerprint density at radius 1 is 0.923 bits per heavy atom. The number of para-hydroxylation sites is 1. The Morgan fingerprint density at radius 3 is 2.38 bits per heavy atom. The molecule has 8 nitrogen and oxygen atoms in total. The van der Waals surface area contributed by atoms with E-state index in [0.29, 0.717) is 31.3 Å². The van der Waals surface area contributed by atoms with Crippen LogP contribution in [-0.2, 0) is 26.7 Å². The van der Waals surface area contributed by atoms with E-state index in [1.165, 1.54) is 36.0 Å². The SMILES string of the molecule is O=C(COc1ccc(Br)cc1[C@H]1c2sc(=O)[nH]c2SC2C1[C@H]1C[C@@H]2C2C(=O)N(c3ccccc3C(F)(F)F)C(=O)C21)Nc1cccc(C(F)(F)F)c1. The van der Waals surface area contributed by atoms with Crippen molar-refractivity contribution < 1.29 is 45.5 Å². The van der Waals surface area contributed by atoms with E-state index in [9.17, 15) is 45.5 Å². The summed E-state index contributed by atoms with van der Waals surface area (Å²) in [6, 6.07) is 13.7. The van der Waals surface area contributed by atoms with Crippen LogP contribution in [0.1, 0.15) is 33.9 Å². The van der Waals surface area contributed by atoms with Crippen LogP contribution < -0.4 is 19.8 Å². The molecule has 3 amide bonds. The van der Waals surface area contributed by atoms with Gasteiger partial charge in [-0.3, -0.25) is 19.2 Å². The van der Waals surface area contributed by atoms with E-state index in [1.54, 1.807) is 18.2 Å². The molecule has 4 aromatic rings. The van der Waals surface area contributed by atoms with Crippen LogP contribution >= 0.6 is 39.0 Å². The first-order chi connectivity index (χ1) is 24.6. The Bertz CT molecular complexity index is 2210. The van der Waals surface area contributed by atoms with Crippen LogP contribution in [0, 0.1) is 29.6 Å². The molecule has 8 rings (SSSR count). The minimum absolute atomic E-state index is 0.0763. The molecule has 3 heterocycles. The molecule has 1 aromatic heterocycles. The molecule has 270 valence electrons. The third-order valence-corrected chi connectivity index (χ3v) is 13.4. The van der Waals surface area contributed by atoms with Gasteiger partial charge in [-0.2, -0.15) is 26.3 Å². The molecule has 52 heavy (non-hydrogen) atoms. The number of hydrogen-bond acceptors (Lipinski definition) is 7. The van der Waals surface area contributed by atoms with E-state index in [1.807, 2.05) is 0 Å². The first-order valence-electron chi connectivity index (χ1n) is 15.9. The number of H-pyrrole nitrogens is 1. The number of imide groups is 1. The third kappa shape index (κ3) is 5.75. The van der Waals surface area contributed by atoms with Crippen LogP contribution in [0.2, 0.25) is 0 Å². The number of benzene rings is 3. The second kappa shape index (κ2) is 12.5. The Morgan fingerprint density at radius 2 is 1.65 bits per heavy atom. The summed E-state index contributed by atoms with van der Waals surface area (Å²) in [4.78, 5) is 57.6. The highest BCUT2D eigenvalue weighted by Gasteiger charge is 2.70. The average Bonchev–Trinajstić information content (AvgIpc) is 3.82. The van der Waals surface area contributed by atoms with E-state index in [4.69, 9.17) is 4.74 Å². The molecule has 2 saturated carbocycles. The zero-order chi connectivity index (χ0) is 36.9. The van der Waals surface area contributed by atoms with Crippen molar-refractivity contribution in [1.82, 2.24) is 4.98 Å². The van der Waals surface area contributed by atoms with Crippen LogP contribution in [0.15, 0.2) is 81.0 Å². The zero-order valence-corrected chi connectivity index (χ0v) is 29.5. The van der Waals surface area contributed by atoms with Crippen molar-refractivity contribution in [2.45, 2.75) is 35.0 Å². The Hall–Kier alpha value is -4.09. The van der Waals surface area contributed by atoms with E-state index in [2.05, 4.69) is 26.2 Å². The van der Waals surface area contributed by atoms with Crippen molar-refractivity contribution in [3.63, 3.8) is 0 Å². The topological polar surface area (TPSA) is 109 Å². The van der Waals surface area contributed by atoms with Gasteiger partial charge < -0.3 is 15.0 Å². The van der Waals surface area contributed by atoms with Crippen molar-refractivity contribution in [3.05, 3.63) is 102 Å². The Labute approximate surface area is 307 Å². The highest BCUT2D eigenvalue weighted by molar-refractivity contribution is 9.10. The summed E-state index contributed by atoms with van der Waals surface area (Å²) in [5.41, 5.74) is -2.03. The normalized spacial score (nSPS) is 26.3. The van der Waals surface area contributed by atoms with E-state index in [0.717, 1.165) is 35.6 Å². The minimum atomic E-state index is -4.80. The Balaban J connectivity index is 1.12. The molecule has 3 fully saturated rings. The first kappa shape index (κ1) is 35.0. The van der Waals surface area contributed by atoms with Gasteiger partial charge in [-0.05, 0) is 72.7 Å². The number of amides is 3. The molecule has 2 aliphatic heterocycles. The quantitative estimate of drug-likeness (QED) is 0.151. The number of hydrogen-bond donors (Lipinski definition) is 2. The van der Waals surface area contributed by atoms with Gasteiger partial charge in [-0.1, -0.05) is 45.5 Å². The van der Waals surface area contributed by atoms with Crippen molar-refractivity contribution in [2.75, 3.05) is 16.8 Å². The number of thioether (sulfide) groups is 1. The molecule has 2 N–H and O–H groups in total. The maximum atomic E-state index is 14.1. The lowest BCUT2D eigenvalue weighted by atomic mass is 9.68. The second-order valence-corrected chi connectivity index (χ2v) is 16.2. The van der Waals surface area contributed by atoms with Gasteiger partial charge in [0, 0.05) is 31.8 Å². The molecule has 0 radical (unpaired) electrons. The average molecular weight is 825 g/mol. The number of fused-ring (bicyclic) bond motifs is 9. The highest BCUT2D eigenvalue weighted by Crippen LogP contribution is 2.69. The van der Waals surface area contributed by atoms with E-state index >= 15 is 0 Å². The van der Waals surface area contributed by atoms with Crippen molar-refractivity contribution in [1.29, 1.82) is 0 Å². The molecule has 2 bridgehead atoms. The van der Waals surface area contributed by atoms with Gasteiger partial charge in [0.15, 0.2) is 6.61 Å². The number of carbonyl (C=O) groups excluding carboxylic acids is 3. The maximum absolute atomic E-state index is 14.1. The van der Waals surface area contributed by atoms with Crippen LogP contribution in [-0.4, -0.2) is 34.6 Å². The standard InChI is InChI=1S/C35H24BrF6N3O5S2/c36-15-8-9-22(50-13-23(46)43-16-5-3-4-14(10-16)34(37,38)39)17(11-15)24-25-18-12-19(28(25)51-30-29(24)52-33(49)44-30)27-26(18)31(47)45(32(27)48)21-7-2-1-6-20(21)35(40,41)42/h1-11,18-19,24-28H,12-13H2,(H,43,46)(H,44,49)/t18-,19-,24-,25?,26?,27?,28?/m1/s1. The smallest absolute Gasteiger partial charge is 0.418 e. The molecular weight excluding hydrogens is 800 g/mol. The van der Waals surface area contributed by atoms with Gasteiger partial charge >= 0.3 is 17.2 Å². The number of halogens is 7. The lowest BCUT2D eigenvalue weighted by Gasteiger charge is -2.43. The molecule has 2 aliphatic carbocycles. The molecule has 0 spiro atoms. The van der Waals surface area contributed by atoms with Gasteiger partial charge in [-0.25, -0.2) is 4.90 Å². The summed E-state index contributed by atoms with van der Waals surface area (Å²) >= 11 is 5.87. The van der Waals surface area contributed by atoms with Gasteiger partial charge in [-0.15, -0.1) is 11.8 Å². The van der Waals surface area contributed by atoms with Crippen molar-refractivity contribution in [3.8, 4) is 5.75 Å². The number of nitrogens with zero attached hydrogens (tertiary/aromatic N) is 1. The van der Waals surface area contributed by atoms with Gasteiger partial charge in [0.2, 0.25) is 11.8 Å². The highest BCUT2D eigenvalue weighted by atomic mass is 79.9. The lowest BCUT2D eigenvalue weighted by molar-refractivity contribution is -0.138. The largest absolute Gasteiger partial charge is 0.483 e. The van der Waals surface area contributed by atoms with E-state index in [-0.39, 0.29) is 33.4 Å². The van der Waals surface area contributed by atoms with Crippen molar-refractivity contribution >= 4 is 68.1 Å². The third-order valence-electron chi connectivity index (χ3n) is 10.3. The summed E-state index contributed by atoms with van der Waals surface area (Å²) in [6.45, 7) is -0.575. The molecule has 4 unspecified atom stereocenters. The van der Waals surface area contributed by atoms with Crippen LogP contribution in [0.25, 0.3) is 0 Å². The molecule has 7 atom stereocenters. The summed E-state index contributed by atoms with van der Waals surface area (Å²) in [5.74, 6) is -5.28. The maximum Gasteiger partial charge on any atom is 0.418 e. The van der Waals surface area contributed by atoms with Crippen LogP contribution in [0.5, 0.6) is 5.75 Å². The molecular formula is C35H24BrF6N3O5S2. The summed E-state index contributed by atoms with van der Waals surface area (Å²) in [5, 5.41) is 2.70. The number of rotatable bonds is 6. The minimum Gasteiger partial charge on any atom is -0.483 e. The fourth-order valence-electron chi connectivity index (χ4n) is 8.52. The van der Waals surface area contributed by atoms with Crippen LogP contribution in [0.3, 0.4) is 0 Å². The zero-order valence-electron chi connectivity index (χ0n) is 26.3. The van der Waals surface area contributed by atoms with E-state index < -0.39 is 77.2 Å². The first-order valence-corrected chi connectivity index (χ1v) is 18.4. The summed E-state index contributed by atoms with van der Waals surface area (Å²) < 4.78 is 88.3. The predicted molar refractivity (Wildman–Crippen MR) is 182 cm³/mol. The number of anilines is 2. The number of carbonyl (C=O) groups is 3. The second-order valence-electron chi connectivity index (χ2n) is 13.1. The molecule has 1 saturated heterocycles. The Kier molecular flexibility index (Phi) is 8.41. The van der Waals surface area contributed by atoms with Gasteiger partial charge in [0.05, 0.1) is 33.7 Å². The number of nitrogens with one attached hydrogen (secondary N) is 2. The lowest BCUT2D eigenvalue weighted by Crippen LogP contribution is -2.42. The molecule has 17 heteroatoms. The molecule has 3 aromatic carbocycles. The fourth-order valence-corrected chi connectivity index (χ4v) is 11.8.